The molecule has 2 N–H and O–H groups in total. The average Bonchev–Trinajstić information content (AvgIpc) is 3.53. The summed E-state index contributed by atoms with van der Waals surface area (Å²) in [6.07, 6.45) is 6.19. The van der Waals surface area contributed by atoms with Crippen molar-refractivity contribution < 1.29 is 9.59 Å². The first-order valence-corrected chi connectivity index (χ1v) is 10.9. The van der Waals surface area contributed by atoms with Gasteiger partial charge in [-0.3, -0.25) is 9.59 Å². The predicted molar refractivity (Wildman–Crippen MR) is 125 cm³/mol. The van der Waals surface area contributed by atoms with Gasteiger partial charge < -0.3 is 10.6 Å². The molecule has 4 aromatic rings. The molecular formula is C26H24N4O2. The van der Waals surface area contributed by atoms with Crippen molar-refractivity contribution in [2.24, 2.45) is 5.92 Å². The van der Waals surface area contributed by atoms with Crippen molar-refractivity contribution in [2.45, 2.75) is 19.3 Å². The Morgan fingerprint density at radius 3 is 2.41 bits per heavy atom. The maximum Gasteiger partial charge on any atom is 0.253 e. The van der Waals surface area contributed by atoms with E-state index in [2.05, 4.69) is 15.7 Å². The van der Waals surface area contributed by atoms with Crippen LogP contribution in [0.3, 0.4) is 0 Å². The molecule has 1 aliphatic carbocycles. The zero-order valence-corrected chi connectivity index (χ0v) is 17.6. The molecule has 5 rings (SSSR count). The summed E-state index contributed by atoms with van der Waals surface area (Å²) in [4.78, 5) is 25.4. The Kier molecular flexibility index (Phi) is 5.42. The molecule has 32 heavy (non-hydrogen) atoms. The Bertz CT molecular complexity index is 1260. The molecule has 1 aliphatic rings. The molecule has 0 atom stereocenters. The maximum absolute atomic E-state index is 13.0. The lowest BCUT2D eigenvalue weighted by Crippen LogP contribution is -2.27. The van der Waals surface area contributed by atoms with Crippen LogP contribution in [0.1, 0.15) is 28.8 Å². The van der Waals surface area contributed by atoms with E-state index in [4.69, 9.17) is 0 Å². The van der Waals surface area contributed by atoms with Crippen LogP contribution >= 0.6 is 0 Å². The Hall–Kier alpha value is -3.93. The molecular weight excluding hydrogens is 400 g/mol. The molecule has 1 saturated carbocycles. The van der Waals surface area contributed by atoms with Crippen molar-refractivity contribution in [3.63, 3.8) is 0 Å². The van der Waals surface area contributed by atoms with Crippen LogP contribution in [0.4, 0.5) is 5.69 Å². The first-order chi connectivity index (χ1) is 15.7. The quantitative estimate of drug-likeness (QED) is 0.463. The highest BCUT2D eigenvalue weighted by Gasteiger charge is 2.30. The Labute approximate surface area is 186 Å². The van der Waals surface area contributed by atoms with Gasteiger partial charge in [-0.15, -0.1) is 0 Å². The minimum absolute atomic E-state index is 0.00778. The fourth-order valence-corrected chi connectivity index (χ4v) is 3.76. The SMILES string of the molecule is O=C(NCCc1ccc(-n2cccn2)cc1)c1cc2ccccc2cc1NC(=O)C1CC1. The van der Waals surface area contributed by atoms with E-state index in [0.717, 1.165) is 34.9 Å². The van der Waals surface area contributed by atoms with Crippen LogP contribution in [0, 0.1) is 5.92 Å². The summed E-state index contributed by atoms with van der Waals surface area (Å²) in [7, 11) is 0. The lowest BCUT2D eigenvalue weighted by atomic mass is 10.0. The van der Waals surface area contributed by atoms with Gasteiger partial charge in [0.25, 0.3) is 5.91 Å². The van der Waals surface area contributed by atoms with E-state index < -0.39 is 0 Å². The Balaban J connectivity index is 1.28. The van der Waals surface area contributed by atoms with Crippen molar-refractivity contribution in [1.82, 2.24) is 15.1 Å². The van der Waals surface area contributed by atoms with E-state index in [1.54, 1.807) is 6.20 Å². The highest BCUT2D eigenvalue weighted by atomic mass is 16.2. The molecule has 2 amide bonds. The second kappa shape index (κ2) is 8.67. The zero-order valence-electron chi connectivity index (χ0n) is 17.6. The van der Waals surface area contributed by atoms with Gasteiger partial charge in [0.05, 0.1) is 16.9 Å². The summed E-state index contributed by atoms with van der Waals surface area (Å²) in [5, 5.41) is 12.2. The third-order valence-electron chi connectivity index (χ3n) is 5.74. The van der Waals surface area contributed by atoms with Crippen LogP contribution in [0.15, 0.2) is 79.1 Å². The van der Waals surface area contributed by atoms with Gasteiger partial charge in [-0.05, 0) is 65.9 Å². The molecule has 6 nitrogen and oxygen atoms in total. The van der Waals surface area contributed by atoms with Crippen molar-refractivity contribution in [3.05, 3.63) is 90.3 Å². The van der Waals surface area contributed by atoms with E-state index in [9.17, 15) is 9.59 Å². The maximum atomic E-state index is 13.0. The number of benzene rings is 3. The van der Waals surface area contributed by atoms with Crippen LogP contribution in [-0.4, -0.2) is 28.1 Å². The summed E-state index contributed by atoms with van der Waals surface area (Å²) in [6, 6.07) is 21.6. The minimum atomic E-state index is -0.185. The molecule has 6 heteroatoms. The van der Waals surface area contributed by atoms with Gasteiger partial charge >= 0.3 is 0 Å². The average molecular weight is 425 g/mol. The molecule has 0 radical (unpaired) electrons. The monoisotopic (exact) mass is 424 g/mol. The molecule has 0 unspecified atom stereocenters. The number of fused-ring (bicyclic) bond motifs is 1. The highest BCUT2D eigenvalue weighted by molar-refractivity contribution is 6.08. The number of nitrogens with one attached hydrogen (secondary N) is 2. The van der Waals surface area contributed by atoms with Crippen LogP contribution < -0.4 is 10.6 Å². The summed E-state index contributed by atoms with van der Waals surface area (Å²) < 4.78 is 1.81. The summed E-state index contributed by atoms with van der Waals surface area (Å²) in [5.41, 5.74) is 3.19. The molecule has 1 fully saturated rings. The second-order valence-electron chi connectivity index (χ2n) is 8.13. The largest absolute Gasteiger partial charge is 0.352 e. The standard InChI is InChI=1S/C26H24N4O2/c31-25(19-8-9-19)29-24-17-21-5-2-1-4-20(21)16-23(24)26(32)27-14-12-18-6-10-22(11-7-18)30-15-3-13-28-30/h1-7,10-11,13,15-17,19H,8-9,12,14H2,(H,27,32)(H,29,31). The molecule has 3 aromatic carbocycles. The first-order valence-electron chi connectivity index (χ1n) is 10.9. The van der Waals surface area contributed by atoms with E-state index in [0.29, 0.717) is 24.2 Å². The molecule has 1 heterocycles. The van der Waals surface area contributed by atoms with Crippen LogP contribution in [-0.2, 0) is 11.2 Å². The van der Waals surface area contributed by atoms with Gasteiger partial charge in [0, 0.05) is 24.9 Å². The van der Waals surface area contributed by atoms with Gasteiger partial charge in [0.15, 0.2) is 0 Å². The second-order valence-corrected chi connectivity index (χ2v) is 8.13. The van der Waals surface area contributed by atoms with Crippen molar-refractivity contribution in [2.75, 3.05) is 11.9 Å². The number of anilines is 1. The number of carbonyl (C=O) groups is 2. The lowest BCUT2D eigenvalue weighted by Gasteiger charge is -2.13. The number of hydrogen-bond acceptors (Lipinski definition) is 3. The summed E-state index contributed by atoms with van der Waals surface area (Å²) in [6.45, 7) is 0.503. The number of nitrogens with zero attached hydrogens (tertiary/aromatic N) is 2. The molecule has 160 valence electrons. The van der Waals surface area contributed by atoms with E-state index >= 15 is 0 Å². The Morgan fingerprint density at radius 2 is 1.72 bits per heavy atom. The van der Waals surface area contributed by atoms with Crippen LogP contribution in [0.5, 0.6) is 0 Å². The van der Waals surface area contributed by atoms with Crippen molar-refractivity contribution in [1.29, 1.82) is 0 Å². The third kappa shape index (κ3) is 4.39. The van der Waals surface area contributed by atoms with Crippen LogP contribution in [0.25, 0.3) is 16.5 Å². The van der Waals surface area contributed by atoms with Gasteiger partial charge in [-0.25, -0.2) is 4.68 Å². The van der Waals surface area contributed by atoms with Crippen molar-refractivity contribution >= 4 is 28.3 Å². The van der Waals surface area contributed by atoms with Gasteiger partial charge in [-0.2, -0.15) is 5.10 Å². The number of hydrogen-bond donors (Lipinski definition) is 2. The number of amides is 2. The summed E-state index contributed by atoms with van der Waals surface area (Å²) >= 11 is 0. The molecule has 0 saturated heterocycles. The van der Waals surface area contributed by atoms with E-state index in [-0.39, 0.29) is 17.7 Å². The molecule has 0 bridgehead atoms. The Morgan fingerprint density at radius 1 is 0.969 bits per heavy atom. The molecule has 0 spiro atoms. The smallest absolute Gasteiger partial charge is 0.253 e. The zero-order chi connectivity index (χ0) is 21.9. The fourth-order valence-electron chi connectivity index (χ4n) is 3.76. The number of rotatable bonds is 7. The minimum Gasteiger partial charge on any atom is -0.352 e. The van der Waals surface area contributed by atoms with E-state index in [1.807, 2.05) is 77.6 Å². The third-order valence-corrected chi connectivity index (χ3v) is 5.74. The van der Waals surface area contributed by atoms with Gasteiger partial charge in [0.1, 0.15) is 0 Å². The number of carbonyl (C=O) groups excluding carboxylic acids is 2. The van der Waals surface area contributed by atoms with Gasteiger partial charge in [0.2, 0.25) is 5.91 Å². The predicted octanol–water partition coefficient (Wildman–Crippen LogP) is 4.35. The van der Waals surface area contributed by atoms with Gasteiger partial charge in [-0.1, -0.05) is 36.4 Å². The topological polar surface area (TPSA) is 76.0 Å². The van der Waals surface area contributed by atoms with E-state index in [1.165, 1.54) is 0 Å². The highest BCUT2D eigenvalue weighted by Crippen LogP contribution is 2.32. The lowest BCUT2D eigenvalue weighted by molar-refractivity contribution is -0.117. The first kappa shape index (κ1) is 20.0. The van der Waals surface area contributed by atoms with Crippen LogP contribution in [0.2, 0.25) is 0 Å². The molecule has 0 aliphatic heterocycles. The normalized spacial score (nSPS) is 13.1. The molecule has 1 aromatic heterocycles. The number of aromatic nitrogens is 2. The fraction of sp³-hybridized carbons (Fsp3) is 0.192. The summed E-state index contributed by atoms with van der Waals surface area (Å²) in [5.74, 6) is -0.122. The van der Waals surface area contributed by atoms with Crippen molar-refractivity contribution in [3.8, 4) is 5.69 Å².